The number of aliphatic hydroxyl groups is 1. The summed E-state index contributed by atoms with van der Waals surface area (Å²) in [5, 5.41) is 14.7. The van der Waals surface area contributed by atoms with Crippen molar-refractivity contribution in [2.24, 2.45) is 0 Å². The van der Waals surface area contributed by atoms with E-state index in [1.54, 1.807) is 18.3 Å². The maximum atomic E-state index is 11.3. The molecular weight excluding hydrogens is 318 g/mol. The molecule has 0 bridgehead atoms. The number of aromatic nitrogens is 1. The molecule has 1 atom stereocenters. The average Bonchev–Trinajstić information content (AvgIpc) is 3.13. The van der Waals surface area contributed by atoms with Crippen LogP contribution in [0.1, 0.15) is 18.9 Å². The molecule has 0 saturated heterocycles. The number of nitrogens with zero attached hydrogens (tertiary/aromatic N) is 1. The van der Waals surface area contributed by atoms with E-state index in [1.807, 2.05) is 49.4 Å². The summed E-state index contributed by atoms with van der Waals surface area (Å²) >= 11 is 0. The lowest BCUT2D eigenvalue weighted by Gasteiger charge is -2.13. The molecule has 0 radical (unpaired) electrons. The molecule has 0 saturated carbocycles. The molecule has 3 N–H and O–H groups in total. The molecule has 0 unspecified atom stereocenters. The third kappa shape index (κ3) is 4.24. The van der Waals surface area contributed by atoms with E-state index in [1.165, 1.54) is 0 Å². The van der Waals surface area contributed by atoms with Gasteiger partial charge in [0.15, 0.2) is 5.76 Å². The molecule has 6 heteroatoms. The summed E-state index contributed by atoms with van der Waals surface area (Å²) in [6.45, 7) is 1.40. The summed E-state index contributed by atoms with van der Waals surface area (Å²) in [4.78, 5) is 15.6. The highest BCUT2D eigenvalue weighted by Crippen LogP contribution is 2.25. The zero-order valence-corrected chi connectivity index (χ0v) is 13.8. The standard InChI is InChI=1S/C19H19N3O3/c1-13(19-20-11-17(25-19)14-6-3-2-4-7-14)21-15-8-5-9-16(10-15)22-18(24)12-23/h2-11,13,21,23H,12H2,1H3,(H,22,24)/t13-/m1/s1. The maximum Gasteiger partial charge on any atom is 0.250 e. The fourth-order valence-corrected chi connectivity index (χ4v) is 2.42. The monoisotopic (exact) mass is 337 g/mol. The van der Waals surface area contributed by atoms with Gasteiger partial charge in [-0.05, 0) is 25.1 Å². The molecule has 1 amide bonds. The second-order valence-corrected chi connectivity index (χ2v) is 5.58. The van der Waals surface area contributed by atoms with Crippen LogP contribution in [-0.2, 0) is 4.79 Å². The Labute approximate surface area is 145 Å². The number of amides is 1. The van der Waals surface area contributed by atoms with Crippen molar-refractivity contribution >= 4 is 17.3 Å². The molecule has 3 rings (SSSR count). The lowest BCUT2D eigenvalue weighted by molar-refractivity contribution is -0.118. The highest BCUT2D eigenvalue weighted by atomic mass is 16.4. The Morgan fingerprint density at radius 3 is 2.68 bits per heavy atom. The first-order valence-electron chi connectivity index (χ1n) is 7.94. The minimum absolute atomic E-state index is 0.152. The van der Waals surface area contributed by atoms with Gasteiger partial charge in [0.25, 0.3) is 0 Å². The highest BCUT2D eigenvalue weighted by molar-refractivity contribution is 5.91. The van der Waals surface area contributed by atoms with Crippen LogP contribution in [0.4, 0.5) is 11.4 Å². The Morgan fingerprint density at radius 2 is 1.92 bits per heavy atom. The van der Waals surface area contributed by atoms with E-state index in [0.717, 1.165) is 11.3 Å². The van der Waals surface area contributed by atoms with Crippen LogP contribution in [0.5, 0.6) is 0 Å². The minimum Gasteiger partial charge on any atom is -0.438 e. The number of carbonyl (C=O) groups is 1. The van der Waals surface area contributed by atoms with E-state index in [-0.39, 0.29) is 6.04 Å². The quantitative estimate of drug-likeness (QED) is 0.641. The first-order chi connectivity index (χ1) is 12.2. The van der Waals surface area contributed by atoms with E-state index in [0.29, 0.717) is 17.3 Å². The fraction of sp³-hybridized carbons (Fsp3) is 0.158. The van der Waals surface area contributed by atoms with Crippen molar-refractivity contribution in [3.05, 3.63) is 66.7 Å². The number of benzene rings is 2. The number of anilines is 2. The second-order valence-electron chi connectivity index (χ2n) is 5.58. The molecule has 2 aromatic carbocycles. The SMILES string of the molecule is C[C@@H](Nc1cccc(NC(=O)CO)c1)c1ncc(-c2ccccc2)o1. The summed E-state index contributed by atoms with van der Waals surface area (Å²) < 4.78 is 5.84. The van der Waals surface area contributed by atoms with Crippen LogP contribution in [-0.4, -0.2) is 22.6 Å². The normalized spacial score (nSPS) is 11.8. The number of aliphatic hydroxyl groups excluding tert-OH is 1. The van der Waals surface area contributed by atoms with Crippen molar-refractivity contribution < 1.29 is 14.3 Å². The maximum absolute atomic E-state index is 11.3. The number of carbonyl (C=O) groups excluding carboxylic acids is 1. The van der Waals surface area contributed by atoms with Gasteiger partial charge in [0, 0.05) is 16.9 Å². The van der Waals surface area contributed by atoms with Crippen molar-refractivity contribution in [2.75, 3.05) is 17.2 Å². The first-order valence-corrected chi connectivity index (χ1v) is 7.94. The third-order valence-corrected chi connectivity index (χ3v) is 3.63. The van der Waals surface area contributed by atoms with Crippen LogP contribution in [0.15, 0.2) is 65.2 Å². The Morgan fingerprint density at radius 1 is 1.16 bits per heavy atom. The topological polar surface area (TPSA) is 87.4 Å². The molecule has 1 heterocycles. The summed E-state index contributed by atoms with van der Waals surface area (Å²) in [6.07, 6.45) is 1.71. The Hall–Kier alpha value is -3.12. The Bertz CT molecular complexity index is 846. The molecule has 0 aliphatic heterocycles. The van der Waals surface area contributed by atoms with E-state index in [9.17, 15) is 4.79 Å². The molecular formula is C19H19N3O3. The summed E-state index contributed by atoms with van der Waals surface area (Å²) in [5.74, 6) is 0.835. The van der Waals surface area contributed by atoms with Crippen LogP contribution < -0.4 is 10.6 Å². The molecule has 1 aromatic heterocycles. The van der Waals surface area contributed by atoms with Gasteiger partial charge in [-0.3, -0.25) is 4.79 Å². The molecule has 25 heavy (non-hydrogen) atoms. The lowest BCUT2D eigenvalue weighted by Crippen LogP contribution is -2.15. The summed E-state index contributed by atoms with van der Waals surface area (Å²) in [7, 11) is 0. The van der Waals surface area contributed by atoms with Crippen LogP contribution in [0.3, 0.4) is 0 Å². The van der Waals surface area contributed by atoms with Gasteiger partial charge in [-0.2, -0.15) is 0 Å². The van der Waals surface area contributed by atoms with Gasteiger partial charge in [-0.1, -0.05) is 36.4 Å². The smallest absolute Gasteiger partial charge is 0.250 e. The van der Waals surface area contributed by atoms with Crippen LogP contribution >= 0.6 is 0 Å². The molecule has 128 valence electrons. The number of oxazole rings is 1. The molecule has 3 aromatic rings. The zero-order chi connectivity index (χ0) is 17.6. The van der Waals surface area contributed by atoms with Crippen molar-refractivity contribution in [1.82, 2.24) is 4.98 Å². The molecule has 0 fully saturated rings. The lowest BCUT2D eigenvalue weighted by atomic mass is 10.2. The Kier molecular flexibility index (Phi) is 5.11. The van der Waals surface area contributed by atoms with Gasteiger partial charge in [-0.15, -0.1) is 0 Å². The predicted octanol–water partition coefficient (Wildman–Crippen LogP) is 3.45. The molecule has 0 aliphatic rings. The molecule has 0 spiro atoms. The van der Waals surface area contributed by atoms with Gasteiger partial charge < -0.3 is 20.2 Å². The van der Waals surface area contributed by atoms with Crippen molar-refractivity contribution in [3.8, 4) is 11.3 Å². The van der Waals surface area contributed by atoms with Gasteiger partial charge in [0.05, 0.1) is 6.20 Å². The van der Waals surface area contributed by atoms with Gasteiger partial charge in [0.1, 0.15) is 12.6 Å². The number of hydrogen-bond acceptors (Lipinski definition) is 5. The largest absolute Gasteiger partial charge is 0.438 e. The van der Waals surface area contributed by atoms with Gasteiger partial charge >= 0.3 is 0 Å². The van der Waals surface area contributed by atoms with Crippen molar-refractivity contribution in [2.45, 2.75) is 13.0 Å². The molecule has 6 nitrogen and oxygen atoms in total. The van der Waals surface area contributed by atoms with Crippen LogP contribution in [0, 0.1) is 0 Å². The van der Waals surface area contributed by atoms with Crippen LogP contribution in [0.2, 0.25) is 0 Å². The fourth-order valence-electron chi connectivity index (χ4n) is 2.42. The third-order valence-electron chi connectivity index (χ3n) is 3.63. The summed E-state index contributed by atoms with van der Waals surface area (Å²) in [5.41, 5.74) is 2.39. The minimum atomic E-state index is -0.549. The van der Waals surface area contributed by atoms with Crippen molar-refractivity contribution in [3.63, 3.8) is 0 Å². The number of rotatable bonds is 6. The van der Waals surface area contributed by atoms with Crippen molar-refractivity contribution in [1.29, 1.82) is 0 Å². The average molecular weight is 337 g/mol. The van der Waals surface area contributed by atoms with Crippen LogP contribution in [0.25, 0.3) is 11.3 Å². The van der Waals surface area contributed by atoms with E-state index in [4.69, 9.17) is 9.52 Å². The Balaban J connectivity index is 1.70. The van der Waals surface area contributed by atoms with Gasteiger partial charge in [-0.25, -0.2) is 4.98 Å². The van der Waals surface area contributed by atoms with Gasteiger partial charge in [0.2, 0.25) is 11.8 Å². The highest BCUT2D eigenvalue weighted by Gasteiger charge is 2.13. The second kappa shape index (κ2) is 7.63. The molecule has 0 aliphatic carbocycles. The first kappa shape index (κ1) is 16.7. The van der Waals surface area contributed by atoms with E-state index >= 15 is 0 Å². The van der Waals surface area contributed by atoms with E-state index in [2.05, 4.69) is 15.6 Å². The van der Waals surface area contributed by atoms with E-state index < -0.39 is 12.5 Å². The zero-order valence-electron chi connectivity index (χ0n) is 13.8. The number of hydrogen-bond donors (Lipinski definition) is 3. The predicted molar refractivity (Wildman–Crippen MR) is 96.1 cm³/mol. The number of nitrogens with one attached hydrogen (secondary N) is 2. The summed E-state index contributed by atoms with van der Waals surface area (Å²) in [6, 6.07) is 16.9.